The van der Waals surface area contributed by atoms with Crippen LogP contribution in [-0.2, 0) is 11.2 Å². The molecule has 2 aromatic carbocycles. The molecule has 0 saturated heterocycles. The number of amides is 1. The van der Waals surface area contributed by atoms with E-state index in [9.17, 15) is 10.0 Å². The third-order valence-corrected chi connectivity index (χ3v) is 5.61. The van der Waals surface area contributed by atoms with E-state index in [0.717, 1.165) is 21.4 Å². The molecule has 33 heavy (non-hydrogen) atoms. The summed E-state index contributed by atoms with van der Waals surface area (Å²) in [5, 5.41) is 21.9. The van der Waals surface area contributed by atoms with E-state index in [4.69, 9.17) is 15.9 Å². The monoisotopic (exact) mass is 444 g/mol. The zero-order valence-electron chi connectivity index (χ0n) is 18.7. The van der Waals surface area contributed by atoms with Crippen molar-refractivity contribution in [3.63, 3.8) is 0 Å². The summed E-state index contributed by atoms with van der Waals surface area (Å²) in [5.41, 5.74) is 9.57. The van der Waals surface area contributed by atoms with Crippen molar-refractivity contribution in [1.29, 1.82) is 5.41 Å². The number of amidine groups is 1. The number of nitrogens with zero attached hydrogens (tertiary/aromatic N) is 1. The normalized spacial score (nSPS) is 12.4. The molecule has 1 heterocycles. The molecule has 3 aromatic rings. The van der Waals surface area contributed by atoms with E-state index < -0.39 is 0 Å². The van der Waals surface area contributed by atoms with E-state index in [1.54, 1.807) is 37.4 Å². The molecule has 0 fully saturated rings. The Bertz CT molecular complexity index is 1140. The Labute approximate surface area is 193 Å². The number of ether oxygens (including phenoxy) is 1. The van der Waals surface area contributed by atoms with Gasteiger partial charge in [0.1, 0.15) is 5.84 Å². The molecular formula is C26H28N4O3. The van der Waals surface area contributed by atoms with Crippen molar-refractivity contribution in [2.75, 3.05) is 7.11 Å². The number of benzene rings is 2. The van der Waals surface area contributed by atoms with Crippen molar-refractivity contribution < 1.29 is 14.3 Å². The fourth-order valence-electron chi connectivity index (χ4n) is 3.65. The number of methoxy groups -OCH3 is 1. The van der Waals surface area contributed by atoms with E-state index in [1.165, 1.54) is 12.4 Å². The lowest BCUT2D eigenvalue weighted by molar-refractivity contribution is -0.605. The SMILES string of the molecule is C=C(OC)[C@H](Cc1cccc(C(=N)N)c1)[C@@H](C)NC(=O)c1ccc(-c2cc[n+]([O-])cc2)cc1. The van der Waals surface area contributed by atoms with Gasteiger partial charge < -0.3 is 21.0 Å². The number of pyridine rings is 1. The zero-order chi connectivity index (χ0) is 24.0. The molecule has 0 aliphatic rings. The van der Waals surface area contributed by atoms with Crippen LogP contribution in [0, 0.1) is 16.5 Å². The van der Waals surface area contributed by atoms with Crippen molar-refractivity contribution >= 4 is 11.7 Å². The molecule has 4 N–H and O–H groups in total. The Morgan fingerprint density at radius 1 is 1.12 bits per heavy atom. The molecule has 7 heteroatoms. The molecule has 0 spiro atoms. The van der Waals surface area contributed by atoms with E-state index in [1.807, 2.05) is 37.3 Å². The summed E-state index contributed by atoms with van der Waals surface area (Å²) in [5.74, 6) is 0.187. The van der Waals surface area contributed by atoms with Crippen molar-refractivity contribution in [2.24, 2.45) is 11.7 Å². The van der Waals surface area contributed by atoms with Crippen LogP contribution in [0.15, 0.2) is 85.4 Å². The molecule has 2 atom stereocenters. The molecule has 7 nitrogen and oxygen atoms in total. The second-order valence-corrected chi connectivity index (χ2v) is 7.88. The summed E-state index contributed by atoms with van der Waals surface area (Å²) >= 11 is 0. The molecule has 0 bridgehead atoms. The van der Waals surface area contributed by atoms with Crippen LogP contribution in [0.25, 0.3) is 11.1 Å². The van der Waals surface area contributed by atoms with Gasteiger partial charge in [-0.1, -0.05) is 36.9 Å². The first-order valence-corrected chi connectivity index (χ1v) is 10.5. The summed E-state index contributed by atoms with van der Waals surface area (Å²) in [6.45, 7) is 5.93. The molecule has 1 amide bonds. The molecule has 0 unspecified atom stereocenters. The largest absolute Gasteiger partial charge is 0.619 e. The maximum Gasteiger partial charge on any atom is 0.251 e. The maximum absolute atomic E-state index is 12.9. The van der Waals surface area contributed by atoms with Gasteiger partial charge >= 0.3 is 0 Å². The number of nitrogen functional groups attached to an aromatic ring is 1. The Kier molecular flexibility index (Phi) is 7.46. The third kappa shape index (κ3) is 5.98. The van der Waals surface area contributed by atoms with Gasteiger partial charge in [0.25, 0.3) is 5.91 Å². The van der Waals surface area contributed by atoms with Crippen molar-refractivity contribution in [1.82, 2.24) is 5.32 Å². The van der Waals surface area contributed by atoms with Gasteiger partial charge in [-0.15, -0.1) is 0 Å². The van der Waals surface area contributed by atoms with Gasteiger partial charge in [-0.25, -0.2) is 0 Å². The lowest BCUT2D eigenvalue weighted by Gasteiger charge is -2.26. The van der Waals surface area contributed by atoms with Gasteiger partial charge in [0, 0.05) is 35.2 Å². The molecule has 0 radical (unpaired) electrons. The summed E-state index contributed by atoms with van der Waals surface area (Å²) in [6, 6.07) is 17.9. The minimum atomic E-state index is -0.257. The summed E-state index contributed by atoms with van der Waals surface area (Å²) < 4.78 is 6.14. The zero-order valence-corrected chi connectivity index (χ0v) is 18.7. The maximum atomic E-state index is 12.9. The second kappa shape index (κ2) is 10.5. The van der Waals surface area contributed by atoms with Gasteiger partial charge in [0.05, 0.1) is 12.9 Å². The highest BCUT2D eigenvalue weighted by Gasteiger charge is 2.24. The topological polar surface area (TPSA) is 115 Å². The van der Waals surface area contributed by atoms with E-state index in [0.29, 0.717) is 23.3 Å². The van der Waals surface area contributed by atoms with Gasteiger partial charge in [-0.3, -0.25) is 10.2 Å². The van der Waals surface area contributed by atoms with Crippen LogP contribution in [0.2, 0.25) is 0 Å². The first-order chi connectivity index (χ1) is 15.8. The molecule has 1 aromatic heterocycles. The molecule has 3 rings (SSSR count). The minimum absolute atomic E-state index is 0.00601. The number of carbonyl (C=O) groups excluding carboxylic acids is 1. The lowest BCUT2D eigenvalue weighted by Crippen LogP contribution is -2.40. The summed E-state index contributed by atoms with van der Waals surface area (Å²) in [6.07, 6.45) is 3.45. The highest BCUT2D eigenvalue weighted by Crippen LogP contribution is 2.22. The molecular weight excluding hydrogens is 416 g/mol. The highest BCUT2D eigenvalue weighted by molar-refractivity contribution is 5.95. The number of nitrogens with one attached hydrogen (secondary N) is 2. The van der Waals surface area contributed by atoms with Crippen LogP contribution < -0.4 is 15.8 Å². The van der Waals surface area contributed by atoms with Gasteiger partial charge in [-0.05, 0) is 48.2 Å². The Balaban J connectivity index is 1.72. The molecule has 170 valence electrons. The first kappa shape index (κ1) is 23.5. The number of rotatable bonds is 9. The second-order valence-electron chi connectivity index (χ2n) is 7.88. The Morgan fingerprint density at radius 2 is 1.76 bits per heavy atom. The van der Waals surface area contributed by atoms with Gasteiger partial charge in [0.2, 0.25) is 0 Å². The Hall–Kier alpha value is -4.13. The number of nitrogens with two attached hydrogens (primary N) is 1. The van der Waals surface area contributed by atoms with E-state index >= 15 is 0 Å². The van der Waals surface area contributed by atoms with Gasteiger partial charge in [-0.2, -0.15) is 4.73 Å². The minimum Gasteiger partial charge on any atom is -0.619 e. The molecule has 0 aliphatic carbocycles. The number of carbonyl (C=O) groups is 1. The fourth-order valence-corrected chi connectivity index (χ4v) is 3.65. The Morgan fingerprint density at radius 3 is 2.36 bits per heavy atom. The molecule has 0 aliphatic heterocycles. The summed E-state index contributed by atoms with van der Waals surface area (Å²) in [7, 11) is 1.56. The quantitative estimate of drug-likeness (QED) is 0.154. The summed E-state index contributed by atoms with van der Waals surface area (Å²) in [4.78, 5) is 12.9. The number of hydrogen-bond acceptors (Lipinski definition) is 4. The predicted octanol–water partition coefficient (Wildman–Crippen LogP) is 3.41. The number of aromatic nitrogens is 1. The van der Waals surface area contributed by atoms with Crippen LogP contribution in [0.1, 0.15) is 28.4 Å². The smallest absolute Gasteiger partial charge is 0.251 e. The van der Waals surface area contributed by atoms with Crippen LogP contribution >= 0.6 is 0 Å². The van der Waals surface area contributed by atoms with Crippen molar-refractivity contribution in [3.05, 3.63) is 107 Å². The highest BCUT2D eigenvalue weighted by atomic mass is 16.5. The number of hydrogen-bond donors (Lipinski definition) is 3. The van der Waals surface area contributed by atoms with Gasteiger partial charge in [0.15, 0.2) is 12.4 Å². The average Bonchev–Trinajstić information content (AvgIpc) is 2.82. The van der Waals surface area contributed by atoms with Crippen LogP contribution in [-0.4, -0.2) is 24.9 Å². The van der Waals surface area contributed by atoms with E-state index in [2.05, 4.69) is 11.9 Å². The standard InChI is InChI=1S/C26H28N4O3/c1-17(24(18(2)33-3)16-19-5-4-6-23(15-19)25(27)28)29-26(31)22-9-7-20(8-10-22)21-11-13-30(32)14-12-21/h4-15,17,24H,2,16H2,1,3H3,(H3,27,28)(H,29,31)/t17-,24-/m1/s1. The van der Waals surface area contributed by atoms with Crippen LogP contribution in [0.3, 0.4) is 0 Å². The van der Waals surface area contributed by atoms with Crippen molar-refractivity contribution in [2.45, 2.75) is 19.4 Å². The first-order valence-electron chi connectivity index (χ1n) is 10.5. The molecule has 0 saturated carbocycles. The van der Waals surface area contributed by atoms with E-state index in [-0.39, 0.29) is 23.7 Å². The fraction of sp³-hybridized carbons (Fsp3) is 0.192. The van der Waals surface area contributed by atoms with Crippen LogP contribution in [0.4, 0.5) is 0 Å². The predicted molar refractivity (Wildman–Crippen MR) is 129 cm³/mol. The lowest BCUT2D eigenvalue weighted by atomic mass is 9.90. The van der Waals surface area contributed by atoms with Crippen molar-refractivity contribution in [3.8, 4) is 11.1 Å². The average molecular weight is 445 g/mol. The van der Waals surface area contributed by atoms with Crippen LogP contribution in [0.5, 0.6) is 0 Å². The third-order valence-electron chi connectivity index (χ3n) is 5.61.